The third kappa shape index (κ3) is 2.04. The molecule has 1 aromatic heterocycles. The molecule has 0 bridgehead atoms. The Balaban J connectivity index is 3.06. The fourth-order valence-electron chi connectivity index (χ4n) is 1.21. The fraction of sp³-hybridized carbons (Fsp3) is 0.556. The monoisotopic (exact) mass is 199 g/mol. The lowest BCUT2D eigenvalue weighted by molar-refractivity contribution is 0.0650. The van der Waals surface area contributed by atoms with Gasteiger partial charge in [0.15, 0.2) is 0 Å². The van der Waals surface area contributed by atoms with Crippen LogP contribution in [0.3, 0.4) is 0 Å². The highest BCUT2D eigenvalue weighted by atomic mass is 16.5. The van der Waals surface area contributed by atoms with Crippen LogP contribution in [0.4, 0.5) is 0 Å². The highest BCUT2D eigenvalue weighted by molar-refractivity contribution is 5.86. The zero-order chi connectivity index (χ0) is 10.7. The Morgan fingerprint density at radius 2 is 2.29 bits per heavy atom. The highest BCUT2D eigenvalue weighted by Gasteiger charge is 2.22. The van der Waals surface area contributed by atoms with Crippen molar-refractivity contribution in [2.24, 2.45) is 5.92 Å². The fourth-order valence-corrected chi connectivity index (χ4v) is 1.21. The van der Waals surface area contributed by atoms with Crippen LogP contribution in [0.5, 0.6) is 5.88 Å². The summed E-state index contributed by atoms with van der Waals surface area (Å²) in [5.74, 6) is -0.663. The predicted octanol–water partition coefficient (Wildman–Crippen LogP) is 1.58. The number of ether oxygens (including phenoxy) is 1. The first-order valence-electron chi connectivity index (χ1n) is 4.32. The van der Waals surface area contributed by atoms with Gasteiger partial charge >= 0.3 is 5.97 Å². The molecule has 0 aliphatic rings. The molecule has 0 saturated carbocycles. The van der Waals surface area contributed by atoms with E-state index in [1.807, 2.05) is 13.8 Å². The Labute approximate surface area is 81.7 Å². The molecule has 0 saturated heterocycles. The minimum absolute atomic E-state index is 0.129. The van der Waals surface area contributed by atoms with Crippen LogP contribution in [0.15, 0.2) is 4.52 Å². The summed E-state index contributed by atoms with van der Waals surface area (Å²) < 4.78 is 9.58. The SMILES string of the molecule is COc1noc(C(=O)O)c1CC(C)C. The number of rotatable bonds is 4. The Morgan fingerprint density at radius 1 is 1.64 bits per heavy atom. The van der Waals surface area contributed by atoms with E-state index in [1.54, 1.807) is 0 Å². The molecule has 0 aliphatic carbocycles. The quantitative estimate of drug-likeness (QED) is 0.796. The molecule has 78 valence electrons. The summed E-state index contributed by atoms with van der Waals surface area (Å²) >= 11 is 0. The lowest BCUT2D eigenvalue weighted by atomic mass is 10.0. The number of carboxylic acid groups (broad SMARTS) is 1. The third-order valence-corrected chi connectivity index (χ3v) is 1.75. The van der Waals surface area contributed by atoms with E-state index < -0.39 is 5.97 Å². The van der Waals surface area contributed by atoms with E-state index in [2.05, 4.69) is 9.68 Å². The van der Waals surface area contributed by atoms with E-state index in [4.69, 9.17) is 9.84 Å². The lowest BCUT2D eigenvalue weighted by Crippen LogP contribution is -2.03. The molecule has 0 aromatic carbocycles. The second-order valence-electron chi connectivity index (χ2n) is 3.40. The van der Waals surface area contributed by atoms with Crippen LogP contribution in [-0.2, 0) is 6.42 Å². The molecule has 0 unspecified atom stereocenters. The molecule has 0 spiro atoms. The van der Waals surface area contributed by atoms with Gasteiger partial charge in [-0.15, -0.1) is 0 Å². The van der Waals surface area contributed by atoms with Crippen molar-refractivity contribution in [3.63, 3.8) is 0 Å². The van der Waals surface area contributed by atoms with Crippen molar-refractivity contribution < 1.29 is 19.2 Å². The van der Waals surface area contributed by atoms with E-state index in [-0.39, 0.29) is 11.6 Å². The number of aromatic nitrogens is 1. The zero-order valence-electron chi connectivity index (χ0n) is 8.40. The van der Waals surface area contributed by atoms with Gasteiger partial charge in [-0.25, -0.2) is 4.79 Å². The van der Waals surface area contributed by atoms with Crippen LogP contribution < -0.4 is 4.74 Å². The predicted molar refractivity (Wildman–Crippen MR) is 48.6 cm³/mol. The maximum Gasteiger partial charge on any atom is 0.375 e. The van der Waals surface area contributed by atoms with Gasteiger partial charge in [0.2, 0.25) is 0 Å². The summed E-state index contributed by atoms with van der Waals surface area (Å²) in [5, 5.41) is 12.3. The highest BCUT2D eigenvalue weighted by Crippen LogP contribution is 2.24. The van der Waals surface area contributed by atoms with E-state index in [0.29, 0.717) is 17.9 Å². The first-order chi connectivity index (χ1) is 6.56. The summed E-state index contributed by atoms with van der Waals surface area (Å²) in [4.78, 5) is 10.7. The summed E-state index contributed by atoms with van der Waals surface area (Å²) in [7, 11) is 1.44. The van der Waals surface area contributed by atoms with Gasteiger partial charge in [-0.05, 0) is 17.5 Å². The van der Waals surface area contributed by atoms with Crippen LogP contribution in [0.25, 0.3) is 0 Å². The largest absolute Gasteiger partial charge is 0.479 e. The van der Waals surface area contributed by atoms with Crippen LogP contribution in [0.1, 0.15) is 30.0 Å². The molecule has 1 rings (SSSR count). The minimum atomic E-state index is -1.11. The second-order valence-corrected chi connectivity index (χ2v) is 3.40. The second kappa shape index (κ2) is 4.13. The minimum Gasteiger partial charge on any atom is -0.479 e. The molecule has 14 heavy (non-hydrogen) atoms. The van der Waals surface area contributed by atoms with Crippen molar-refractivity contribution in [1.29, 1.82) is 0 Å². The third-order valence-electron chi connectivity index (χ3n) is 1.75. The van der Waals surface area contributed by atoms with Gasteiger partial charge in [0.1, 0.15) is 0 Å². The van der Waals surface area contributed by atoms with Crippen molar-refractivity contribution in [3.8, 4) is 5.88 Å². The molecule has 1 N–H and O–H groups in total. The number of carbonyl (C=O) groups is 1. The van der Waals surface area contributed by atoms with Gasteiger partial charge in [0.25, 0.3) is 11.6 Å². The number of hydrogen-bond donors (Lipinski definition) is 1. The Morgan fingerprint density at radius 3 is 2.71 bits per heavy atom. The Bertz CT molecular complexity index is 330. The average Bonchev–Trinajstić information content (AvgIpc) is 2.46. The number of hydrogen-bond acceptors (Lipinski definition) is 4. The molecule has 5 heteroatoms. The maximum atomic E-state index is 10.7. The van der Waals surface area contributed by atoms with Crippen molar-refractivity contribution in [2.75, 3.05) is 7.11 Å². The number of carboxylic acids is 1. The van der Waals surface area contributed by atoms with Crippen molar-refractivity contribution in [3.05, 3.63) is 11.3 Å². The number of methoxy groups -OCH3 is 1. The van der Waals surface area contributed by atoms with Gasteiger partial charge in [-0.3, -0.25) is 0 Å². The molecular weight excluding hydrogens is 186 g/mol. The van der Waals surface area contributed by atoms with Gasteiger partial charge in [-0.1, -0.05) is 13.8 Å². The normalized spacial score (nSPS) is 10.6. The molecule has 1 heterocycles. The molecule has 0 aliphatic heterocycles. The molecular formula is C9H13NO4. The summed E-state index contributed by atoms with van der Waals surface area (Å²) in [6.07, 6.45) is 0.578. The van der Waals surface area contributed by atoms with Crippen LogP contribution in [0.2, 0.25) is 0 Å². The molecule has 0 fully saturated rings. The zero-order valence-corrected chi connectivity index (χ0v) is 8.40. The van der Waals surface area contributed by atoms with Crippen LogP contribution in [-0.4, -0.2) is 23.3 Å². The molecule has 5 nitrogen and oxygen atoms in total. The van der Waals surface area contributed by atoms with Crippen LogP contribution >= 0.6 is 0 Å². The van der Waals surface area contributed by atoms with Crippen LogP contribution in [0, 0.1) is 5.92 Å². The summed E-state index contributed by atoms with van der Waals surface area (Å²) in [6.45, 7) is 3.97. The standard InChI is InChI=1S/C9H13NO4/c1-5(2)4-6-7(9(11)12)14-10-8(6)13-3/h5H,4H2,1-3H3,(H,11,12). The summed E-state index contributed by atoms with van der Waals surface area (Å²) in [6, 6.07) is 0. The van der Waals surface area contributed by atoms with Crippen molar-refractivity contribution in [1.82, 2.24) is 5.16 Å². The molecule has 1 aromatic rings. The average molecular weight is 199 g/mol. The molecule has 0 atom stereocenters. The number of aromatic carboxylic acids is 1. The van der Waals surface area contributed by atoms with E-state index in [0.717, 1.165) is 0 Å². The maximum absolute atomic E-state index is 10.7. The smallest absolute Gasteiger partial charge is 0.375 e. The van der Waals surface area contributed by atoms with Gasteiger partial charge < -0.3 is 14.4 Å². The Hall–Kier alpha value is -1.52. The van der Waals surface area contributed by atoms with E-state index in [1.165, 1.54) is 7.11 Å². The first kappa shape index (κ1) is 10.6. The molecule has 0 amide bonds. The lowest BCUT2D eigenvalue weighted by Gasteiger charge is -2.03. The van der Waals surface area contributed by atoms with Crippen molar-refractivity contribution in [2.45, 2.75) is 20.3 Å². The first-order valence-corrected chi connectivity index (χ1v) is 4.32. The van der Waals surface area contributed by atoms with E-state index >= 15 is 0 Å². The molecule has 0 radical (unpaired) electrons. The van der Waals surface area contributed by atoms with Gasteiger partial charge in [0.05, 0.1) is 12.7 Å². The Kier molecular flexibility index (Phi) is 3.11. The van der Waals surface area contributed by atoms with Gasteiger partial charge in [0, 0.05) is 0 Å². The summed E-state index contributed by atoms with van der Waals surface area (Å²) in [5.41, 5.74) is 0.523. The topological polar surface area (TPSA) is 72.6 Å². The van der Waals surface area contributed by atoms with Gasteiger partial charge in [-0.2, -0.15) is 0 Å². The van der Waals surface area contributed by atoms with E-state index in [9.17, 15) is 4.79 Å². The van der Waals surface area contributed by atoms with Crippen molar-refractivity contribution >= 4 is 5.97 Å². The number of nitrogens with zero attached hydrogens (tertiary/aromatic N) is 1.